The van der Waals surface area contributed by atoms with Gasteiger partial charge in [0.15, 0.2) is 5.82 Å². The van der Waals surface area contributed by atoms with Crippen LogP contribution in [0.2, 0.25) is 0 Å². The molecule has 2 aliphatic carbocycles. The zero-order valence-electron chi connectivity index (χ0n) is 17.7. The summed E-state index contributed by atoms with van der Waals surface area (Å²) in [5.74, 6) is 1.75. The lowest BCUT2D eigenvalue weighted by Crippen LogP contribution is -2.25. The molecule has 7 nitrogen and oxygen atoms in total. The van der Waals surface area contributed by atoms with Gasteiger partial charge in [-0.05, 0) is 55.9 Å². The Morgan fingerprint density at radius 3 is 2.72 bits per heavy atom. The number of nitrogens with zero attached hydrogens (tertiary/aromatic N) is 5. The lowest BCUT2D eigenvalue weighted by Gasteiger charge is -2.14. The molecule has 6 rings (SSSR count). The van der Waals surface area contributed by atoms with Crippen molar-refractivity contribution in [2.45, 2.75) is 51.1 Å². The highest BCUT2D eigenvalue weighted by atomic mass is 79.9. The smallest absolute Gasteiger partial charge is 0.329 e. The molecule has 0 radical (unpaired) electrons. The first-order valence-electron chi connectivity index (χ1n) is 11.3. The molecule has 2 aliphatic rings. The Morgan fingerprint density at radius 1 is 1.06 bits per heavy atom. The quantitative estimate of drug-likeness (QED) is 0.383. The molecule has 2 fully saturated rings. The molecule has 3 aromatic heterocycles. The van der Waals surface area contributed by atoms with Crippen LogP contribution in [0.4, 0.5) is 0 Å². The van der Waals surface area contributed by atoms with E-state index < -0.39 is 0 Å². The molecule has 0 aliphatic heterocycles. The van der Waals surface area contributed by atoms with Gasteiger partial charge in [0, 0.05) is 16.7 Å². The number of ether oxygens (including phenoxy) is 1. The molecule has 4 aromatic rings. The molecule has 0 spiro atoms. The Morgan fingerprint density at radius 2 is 1.91 bits per heavy atom. The van der Waals surface area contributed by atoms with Crippen LogP contribution < -0.4 is 10.4 Å². The number of rotatable bonds is 6. The van der Waals surface area contributed by atoms with Crippen LogP contribution in [0, 0.1) is 5.92 Å². The fraction of sp³-hybridized carbons (Fsp3) is 0.417. The Kier molecular flexibility index (Phi) is 4.97. The van der Waals surface area contributed by atoms with Crippen molar-refractivity contribution in [3.05, 3.63) is 57.4 Å². The highest BCUT2D eigenvalue weighted by Gasteiger charge is 2.29. The number of benzene rings is 1. The zero-order valence-corrected chi connectivity index (χ0v) is 19.3. The molecule has 32 heavy (non-hydrogen) atoms. The van der Waals surface area contributed by atoms with Gasteiger partial charge in [0.25, 0.3) is 0 Å². The molecule has 0 N–H and O–H groups in total. The minimum Gasteiger partial charge on any atom is -0.477 e. The third-order valence-corrected chi connectivity index (χ3v) is 7.07. The Labute approximate surface area is 193 Å². The Bertz CT molecular complexity index is 1370. The van der Waals surface area contributed by atoms with Crippen LogP contribution in [0.25, 0.3) is 21.9 Å². The first-order chi connectivity index (χ1) is 15.7. The van der Waals surface area contributed by atoms with Crippen molar-refractivity contribution in [1.29, 1.82) is 0 Å². The van der Waals surface area contributed by atoms with Crippen LogP contribution in [-0.4, -0.2) is 30.7 Å². The molecular weight excluding hydrogens is 470 g/mol. The van der Waals surface area contributed by atoms with Crippen molar-refractivity contribution in [1.82, 2.24) is 24.1 Å². The molecule has 0 unspecified atom stereocenters. The van der Waals surface area contributed by atoms with Crippen LogP contribution in [0.1, 0.15) is 50.4 Å². The van der Waals surface area contributed by atoms with Crippen molar-refractivity contribution in [2.75, 3.05) is 6.61 Å². The van der Waals surface area contributed by atoms with Crippen molar-refractivity contribution in [3.63, 3.8) is 0 Å². The average molecular weight is 494 g/mol. The fourth-order valence-electron chi connectivity index (χ4n) is 4.78. The van der Waals surface area contributed by atoms with Crippen LogP contribution in [0.3, 0.4) is 0 Å². The predicted molar refractivity (Wildman–Crippen MR) is 126 cm³/mol. The van der Waals surface area contributed by atoms with Gasteiger partial charge in [-0.2, -0.15) is 4.98 Å². The van der Waals surface area contributed by atoms with E-state index in [-0.39, 0.29) is 18.3 Å². The minimum absolute atomic E-state index is 0.0261. The van der Waals surface area contributed by atoms with E-state index in [0.717, 1.165) is 39.3 Å². The number of hydrogen-bond acceptors (Lipinski definition) is 5. The molecule has 0 amide bonds. The second-order valence-electron chi connectivity index (χ2n) is 8.90. The Balaban J connectivity index is 1.41. The molecule has 0 saturated heterocycles. The number of fused-ring (bicyclic) bond motifs is 2. The summed E-state index contributed by atoms with van der Waals surface area (Å²) in [5.41, 5.74) is 2.52. The van der Waals surface area contributed by atoms with Gasteiger partial charge >= 0.3 is 5.69 Å². The molecule has 8 heteroatoms. The van der Waals surface area contributed by atoms with E-state index in [1.807, 2.05) is 28.8 Å². The molecule has 1 aromatic carbocycles. The van der Waals surface area contributed by atoms with Crippen LogP contribution in [0.5, 0.6) is 5.88 Å². The molecule has 2 saturated carbocycles. The van der Waals surface area contributed by atoms with Crippen LogP contribution >= 0.6 is 15.9 Å². The summed E-state index contributed by atoms with van der Waals surface area (Å²) in [6, 6.07) is 8.14. The van der Waals surface area contributed by atoms with Gasteiger partial charge < -0.3 is 4.74 Å². The van der Waals surface area contributed by atoms with E-state index in [9.17, 15) is 4.79 Å². The van der Waals surface area contributed by atoms with E-state index in [0.29, 0.717) is 24.2 Å². The van der Waals surface area contributed by atoms with Gasteiger partial charge in [0.2, 0.25) is 5.88 Å². The zero-order chi connectivity index (χ0) is 21.7. The van der Waals surface area contributed by atoms with Crippen LogP contribution in [-0.2, 0) is 6.54 Å². The number of halogens is 1. The van der Waals surface area contributed by atoms with Gasteiger partial charge in [-0.1, -0.05) is 28.8 Å². The maximum absolute atomic E-state index is 13.3. The second kappa shape index (κ2) is 7.99. The molecular formula is C24H24BrN5O2. The average Bonchev–Trinajstić information content (AvgIpc) is 3.41. The molecule has 0 atom stereocenters. The van der Waals surface area contributed by atoms with E-state index in [1.165, 1.54) is 25.7 Å². The number of hydrogen-bond donors (Lipinski definition) is 0. The monoisotopic (exact) mass is 493 g/mol. The van der Waals surface area contributed by atoms with Crippen molar-refractivity contribution < 1.29 is 4.74 Å². The standard InChI is InChI=1S/C24H24BrN5O2/c25-16-5-8-18-19(11-16)27-22(28-23(18)32-14-15-3-1-2-4-15)13-29-21-12-26-10-9-20(21)30(24(29)31)17-6-7-17/h5,8-12,15,17H,1-4,6-7,13-14H2. The number of pyridine rings is 1. The normalized spacial score (nSPS) is 16.9. The maximum atomic E-state index is 13.3. The van der Waals surface area contributed by atoms with Crippen molar-refractivity contribution in [3.8, 4) is 5.88 Å². The topological polar surface area (TPSA) is 74.8 Å². The van der Waals surface area contributed by atoms with Gasteiger partial charge in [-0.25, -0.2) is 9.78 Å². The van der Waals surface area contributed by atoms with Gasteiger partial charge in [-0.3, -0.25) is 14.1 Å². The second-order valence-corrected chi connectivity index (χ2v) is 9.82. The van der Waals surface area contributed by atoms with E-state index in [2.05, 4.69) is 20.9 Å². The molecule has 3 heterocycles. The fourth-order valence-corrected chi connectivity index (χ4v) is 5.13. The summed E-state index contributed by atoms with van der Waals surface area (Å²) in [4.78, 5) is 27.1. The molecule has 164 valence electrons. The predicted octanol–water partition coefficient (Wildman–Crippen LogP) is 4.86. The van der Waals surface area contributed by atoms with Gasteiger partial charge in [0.05, 0.1) is 41.3 Å². The third kappa shape index (κ3) is 3.60. The molecule has 0 bridgehead atoms. The lowest BCUT2D eigenvalue weighted by atomic mass is 10.1. The van der Waals surface area contributed by atoms with Crippen molar-refractivity contribution >= 4 is 37.9 Å². The highest BCUT2D eigenvalue weighted by Crippen LogP contribution is 2.36. The minimum atomic E-state index is -0.0261. The summed E-state index contributed by atoms with van der Waals surface area (Å²) in [7, 11) is 0. The van der Waals surface area contributed by atoms with E-state index >= 15 is 0 Å². The number of aromatic nitrogens is 5. The van der Waals surface area contributed by atoms with Gasteiger partial charge in [-0.15, -0.1) is 0 Å². The lowest BCUT2D eigenvalue weighted by molar-refractivity contribution is 0.245. The summed E-state index contributed by atoms with van der Waals surface area (Å²) in [5, 5.41) is 0.893. The Hall–Kier alpha value is -2.74. The highest BCUT2D eigenvalue weighted by molar-refractivity contribution is 9.10. The summed E-state index contributed by atoms with van der Waals surface area (Å²) < 4.78 is 10.8. The van der Waals surface area contributed by atoms with E-state index in [4.69, 9.17) is 14.7 Å². The summed E-state index contributed by atoms with van der Waals surface area (Å²) in [6.07, 6.45) is 10.6. The summed E-state index contributed by atoms with van der Waals surface area (Å²) in [6.45, 7) is 0.954. The SMILES string of the molecule is O=c1n(Cc2nc(OCC3CCCC3)c3ccc(Br)cc3n2)c2cnccc2n1C1CC1. The maximum Gasteiger partial charge on any atom is 0.329 e. The largest absolute Gasteiger partial charge is 0.477 e. The van der Waals surface area contributed by atoms with Crippen LogP contribution in [0.15, 0.2) is 45.9 Å². The summed E-state index contributed by atoms with van der Waals surface area (Å²) >= 11 is 3.54. The first kappa shape index (κ1) is 19.9. The van der Waals surface area contributed by atoms with Crippen molar-refractivity contribution in [2.24, 2.45) is 5.92 Å². The van der Waals surface area contributed by atoms with Gasteiger partial charge in [0.1, 0.15) is 0 Å². The first-order valence-corrected chi connectivity index (χ1v) is 12.1. The number of imidazole rings is 1. The third-order valence-electron chi connectivity index (χ3n) is 6.58. The van der Waals surface area contributed by atoms with E-state index in [1.54, 1.807) is 17.0 Å².